The number of rotatable bonds is 2. The molecule has 0 N–H and O–H groups in total. The van der Waals surface area contributed by atoms with Gasteiger partial charge >= 0.3 is 0 Å². The Hall–Kier alpha value is 0. The van der Waals surface area contributed by atoms with Gasteiger partial charge in [0.2, 0.25) is 0 Å². The molecule has 0 aliphatic rings. The Morgan fingerprint density at radius 2 is 1.43 bits per heavy atom. The highest BCUT2D eigenvalue weighted by atomic mass is 14.0. The lowest BCUT2D eigenvalue weighted by Gasteiger charge is -2.05. The third-order valence-electron chi connectivity index (χ3n) is 0.770. The smallest absolute Gasteiger partial charge is 0.0272 e. The minimum Gasteiger partial charge on any atom is -0.0628 e. The van der Waals surface area contributed by atoms with Crippen LogP contribution in [-0.2, 0) is 0 Å². The standard InChI is InChI=1S/C7H16/c1-6(2)5-7(3)4/h6-7H,5H2,1-4H3/i5D. The second-order valence-electron chi connectivity index (χ2n) is 2.68. The molecule has 0 nitrogen and oxygen atoms in total. The SMILES string of the molecule is [2H]C(C(C)C)C(C)C. The summed E-state index contributed by atoms with van der Waals surface area (Å²) in [5.41, 5.74) is 0. The largest absolute Gasteiger partial charge is 0.0628 e. The molecule has 0 rings (SSSR count). The van der Waals surface area contributed by atoms with E-state index < -0.39 is 0 Å². The Kier molecular flexibility index (Phi) is 2.25. The highest BCUT2D eigenvalue weighted by molar-refractivity contribution is 4.47. The third-order valence-corrected chi connectivity index (χ3v) is 0.770. The van der Waals surface area contributed by atoms with Gasteiger partial charge in [0, 0.05) is 1.37 Å². The van der Waals surface area contributed by atoms with Crippen LogP contribution in [0.3, 0.4) is 0 Å². The van der Waals surface area contributed by atoms with E-state index in [1.54, 1.807) is 0 Å². The Labute approximate surface area is 48.3 Å². The molecule has 7 heavy (non-hydrogen) atoms. The quantitative estimate of drug-likeness (QED) is 0.501. The van der Waals surface area contributed by atoms with Gasteiger partial charge in [0.05, 0.1) is 0 Å². The summed E-state index contributed by atoms with van der Waals surface area (Å²) in [7, 11) is 0. The lowest BCUT2D eigenvalue weighted by molar-refractivity contribution is 0.469. The lowest BCUT2D eigenvalue weighted by atomic mass is 10.0. The van der Waals surface area contributed by atoms with Gasteiger partial charge in [-0.2, -0.15) is 0 Å². The molecule has 0 heteroatoms. The van der Waals surface area contributed by atoms with Gasteiger partial charge < -0.3 is 0 Å². The van der Waals surface area contributed by atoms with Crippen LogP contribution in [0.4, 0.5) is 0 Å². The summed E-state index contributed by atoms with van der Waals surface area (Å²) < 4.78 is 7.48. The molecule has 0 fully saturated rings. The van der Waals surface area contributed by atoms with Gasteiger partial charge in [-0.25, -0.2) is 0 Å². The fourth-order valence-corrected chi connectivity index (χ4v) is 0.770. The van der Waals surface area contributed by atoms with Gasteiger partial charge in [-0.1, -0.05) is 27.7 Å². The maximum absolute atomic E-state index is 7.48. The molecule has 0 aliphatic heterocycles. The molecule has 0 spiro atoms. The highest BCUT2D eigenvalue weighted by Gasteiger charge is 1.95. The average Bonchev–Trinajstić information content (AvgIpc) is 1.64. The molecule has 0 bridgehead atoms. The van der Waals surface area contributed by atoms with E-state index in [9.17, 15) is 0 Å². The summed E-state index contributed by atoms with van der Waals surface area (Å²) in [6.07, 6.45) is 0.120. The van der Waals surface area contributed by atoms with Crippen LogP contribution in [0.5, 0.6) is 0 Å². The van der Waals surface area contributed by atoms with Crippen LogP contribution in [0.15, 0.2) is 0 Å². The Balaban J connectivity index is 3.46. The summed E-state index contributed by atoms with van der Waals surface area (Å²) in [6, 6.07) is 0. The molecule has 0 amide bonds. The summed E-state index contributed by atoms with van der Waals surface area (Å²) in [5.74, 6) is 1.02. The topological polar surface area (TPSA) is 0 Å². The van der Waals surface area contributed by atoms with Crippen LogP contribution in [-0.4, -0.2) is 0 Å². The monoisotopic (exact) mass is 101 g/mol. The molecule has 0 saturated heterocycles. The average molecular weight is 101 g/mol. The van der Waals surface area contributed by atoms with E-state index in [0.29, 0.717) is 11.8 Å². The Bertz CT molecular complexity index is 49.4. The molecule has 0 radical (unpaired) electrons. The van der Waals surface area contributed by atoms with Crippen LogP contribution in [0, 0.1) is 11.8 Å². The first-order chi connectivity index (χ1) is 3.55. The van der Waals surface area contributed by atoms with Gasteiger partial charge in [-0.15, -0.1) is 0 Å². The fraction of sp³-hybridized carbons (Fsp3) is 1.00. The van der Waals surface area contributed by atoms with E-state index in [-0.39, 0.29) is 6.40 Å². The van der Waals surface area contributed by atoms with Gasteiger partial charge in [0.1, 0.15) is 0 Å². The van der Waals surface area contributed by atoms with Crippen molar-refractivity contribution in [2.45, 2.75) is 34.1 Å². The van der Waals surface area contributed by atoms with Crippen molar-refractivity contribution in [1.82, 2.24) is 0 Å². The van der Waals surface area contributed by atoms with Crippen molar-refractivity contribution in [3.63, 3.8) is 0 Å². The molecule has 44 valence electrons. The van der Waals surface area contributed by atoms with Crippen molar-refractivity contribution in [3.8, 4) is 0 Å². The van der Waals surface area contributed by atoms with Crippen molar-refractivity contribution in [1.29, 1.82) is 0 Å². The maximum atomic E-state index is 7.48. The predicted octanol–water partition coefficient (Wildman–Crippen LogP) is 2.69. The van der Waals surface area contributed by atoms with Crippen LogP contribution in [0.25, 0.3) is 0 Å². The van der Waals surface area contributed by atoms with Gasteiger partial charge in [-0.3, -0.25) is 0 Å². The van der Waals surface area contributed by atoms with E-state index in [4.69, 9.17) is 1.37 Å². The molecular formula is C7H16. The van der Waals surface area contributed by atoms with Crippen molar-refractivity contribution >= 4 is 0 Å². The zero-order chi connectivity index (χ0) is 6.73. The van der Waals surface area contributed by atoms with E-state index in [0.717, 1.165) is 0 Å². The zero-order valence-electron chi connectivity index (χ0n) is 6.73. The molecule has 0 heterocycles. The predicted molar refractivity (Wildman–Crippen MR) is 34.3 cm³/mol. The Morgan fingerprint density at radius 1 is 1.14 bits per heavy atom. The third kappa shape index (κ3) is 6.00. The molecule has 0 atom stereocenters. The molecule has 0 unspecified atom stereocenters. The number of hydrogen-bond acceptors (Lipinski definition) is 0. The summed E-state index contributed by atoms with van der Waals surface area (Å²) in [4.78, 5) is 0. The van der Waals surface area contributed by atoms with E-state index in [1.165, 1.54) is 0 Å². The first-order valence-corrected chi connectivity index (χ1v) is 2.98. The van der Waals surface area contributed by atoms with Gasteiger partial charge in [0.25, 0.3) is 0 Å². The second kappa shape index (κ2) is 3.06. The molecule has 0 aromatic carbocycles. The molecular weight excluding hydrogens is 84.1 g/mol. The normalized spacial score (nSPS) is 13.9. The fourth-order valence-electron chi connectivity index (χ4n) is 0.770. The molecule has 0 aromatic heterocycles. The lowest BCUT2D eigenvalue weighted by Crippen LogP contribution is -1.93. The highest BCUT2D eigenvalue weighted by Crippen LogP contribution is 2.08. The maximum Gasteiger partial charge on any atom is 0.0272 e. The van der Waals surface area contributed by atoms with Gasteiger partial charge in [0.15, 0.2) is 0 Å². The van der Waals surface area contributed by atoms with Gasteiger partial charge in [-0.05, 0) is 18.2 Å². The van der Waals surface area contributed by atoms with E-state index in [1.807, 2.05) is 0 Å². The van der Waals surface area contributed by atoms with Crippen LogP contribution < -0.4 is 0 Å². The van der Waals surface area contributed by atoms with E-state index >= 15 is 0 Å². The first-order valence-electron chi connectivity index (χ1n) is 3.55. The van der Waals surface area contributed by atoms with Crippen molar-refractivity contribution < 1.29 is 1.37 Å². The zero-order valence-corrected chi connectivity index (χ0v) is 5.73. The van der Waals surface area contributed by atoms with Crippen LogP contribution in [0.1, 0.15) is 35.5 Å². The summed E-state index contributed by atoms with van der Waals surface area (Å²) >= 11 is 0. The Morgan fingerprint density at radius 3 is 1.43 bits per heavy atom. The summed E-state index contributed by atoms with van der Waals surface area (Å²) in [6.45, 7) is 8.38. The summed E-state index contributed by atoms with van der Waals surface area (Å²) in [5, 5.41) is 0. The number of hydrogen-bond donors (Lipinski definition) is 0. The molecule has 0 aromatic rings. The van der Waals surface area contributed by atoms with Crippen molar-refractivity contribution in [2.24, 2.45) is 11.8 Å². The molecule has 0 saturated carbocycles. The first kappa shape index (κ1) is 5.14. The van der Waals surface area contributed by atoms with Crippen LogP contribution in [0.2, 0.25) is 0 Å². The van der Waals surface area contributed by atoms with E-state index in [2.05, 4.69) is 27.7 Å². The van der Waals surface area contributed by atoms with Crippen molar-refractivity contribution in [3.05, 3.63) is 0 Å². The second-order valence-corrected chi connectivity index (χ2v) is 2.68. The minimum atomic E-state index is 0.120. The van der Waals surface area contributed by atoms with Crippen molar-refractivity contribution in [2.75, 3.05) is 0 Å². The molecule has 0 aliphatic carbocycles. The minimum absolute atomic E-state index is 0.120. The van der Waals surface area contributed by atoms with Crippen LogP contribution >= 0.6 is 0 Å².